The van der Waals surface area contributed by atoms with Crippen LogP contribution in [0.5, 0.6) is 0 Å². The molecule has 0 aliphatic rings. The van der Waals surface area contributed by atoms with Gasteiger partial charge in [0, 0.05) is 0 Å². The van der Waals surface area contributed by atoms with E-state index in [1.54, 1.807) is 6.21 Å². The van der Waals surface area contributed by atoms with Crippen molar-refractivity contribution in [3.8, 4) is 0 Å². The van der Waals surface area contributed by atoms with Gasteiger partial charge in [0.25, 0.3) is 0 Å². The summed E-state index contributed by atoms with van der Waals surface area (Å²) in [6.07, 6.45) is 0.602. The van der Waals surface area contributed by atoms with Gasteiger partial charge in [-0.05, 0) is 91.1 Å². The third-order valence-corrected chi connectivity index (χ3v) is 8.49. The highest BCUT2D eigenvalue weighted by Gasteiger charge is 2.42. The minimum Gasteiger partial charge on any atom is -0.412 e. The molecule has 0 aliphatic heterocycles. The van der Waals surface area contributed by atoms with E-state index in [-0.39, 0.29) is 18.3 Å². The number of nitrogens with zero attached hydrogens (tertiary/aromatic N) is 1. The highest BCUT2D eigenvalue weighted by atomic mass is 28.4. The van der Waals surface area contributed by atoms with Crippen LogP contribution in [0.2, 0.25) is 78.6 Å². The maximum atomic E-state index is 6.83. The molecule has 35 heavy (non-hydrogen) atoms. The molecule has 0 fully saturated rings. The molecule has 1 aromatic rings. The van der Waals surface area contributed by atoms with Crippen LogP contribution in [0.15, 0.2) is 35.5 Å². The Hall–Kier alpha value is -0.602. The van der Waals surface area contributed by atoms with Gasteiger partial charge in [-0.25, -0.2) is 0 Å². The van der Waals surface area contributed by atoms with Gasteiger partial charge in [-0.15, -0.1) is 0 Å². The summed E-state index contributed by atoms with van der Waals surface area (Å²) in [4.78, 5) is 5.67. The van der Waals surface area contributed by atoms with Gasteiger partial charge in [0.05, 0.1) is 18.4 Å². The van der Waals surface area contributed by atoms with E-state index in [1.807, 2.05) is 30.3 Å². The molecule has 202 valence electrons. The molecule has 0 saturated carbocycles. The second-order valence-electron chi connectivity index (χ2n) is 13.0. The molecule has 4 unspecified atom stereocenters. The van der Waals surface area contributed by atoms with Crippen molar-refractivity contribution in [2.75, 3.05) is 0 Å². The van der Waals surface area contributed by atoms with Crippen molar-refractivity contribution in [3.63, 3.8) is 0 Å². The van der Waals surface area contributed by atoms with E-state index in [0.717, 1.165) is 5.56 Å². The Morgan fingerprint density at radius 1 is 0.657 bits per heavy atom. The lowest BCUT2D eigenvalue weighted by Gasteiger charge is -2.43. The average molecular weight is 558 g/mol. The SMILES string of the molecule is CC(O[Si](C)(C)C)C(O[Si](C)(C)C)C(O[Si](C)(C)C)C(/C=N/OCc1ccccc1)O[Si](C)(C)C. The molecule has 0 N–H and O–H groups in total. The first-order chi connectivity index (χ1) is 15.8. The Morgan fingerprint density at radius 2 is 1.11 bits per heavy atom. The summed E-state index contributed by atoms with van der Waals surface area (Å²) >= 11 is 0. The Bertz CT molecular complexity index is 767. The van der Waals surface area contributed by atoms with E-state index in [4.69, 9.17) is 22.5 Å². The van der Waals surface area contributed by atoms with Gasteiger partial charge in [0.2, 0.25) is 0 Å². The standard InChI is InChI=1S/C25H51NO5Si4/c1-21(28-32(2,3)4)24(30-34(8,9)10)25(31-35(11,12)13)23(29-33(5,6)7)19-26-27-20-22-17-15-14-16-18-22/h14-19,21,23-25H,20H2,1-13H3/b26-19+. The first-order valence-electron chi connectivity index (χ1n) is 12.7. The van der Waals surface area contributed by atoms with E-state index in [2.05, 4.69) is 90.6 Å². The molecule has 1 aromatic carbocycles. The van der Waals surface area contributed by atoms with E-state index in [1.165, 1.54) is 0 Å². The van der Waals surface area contributed by atoms with E-state index in [9.17, 15) is 0 Å². The minimum absolute atomic E-state index is 0.138. The predicted octanol–water partition coefficient (Wildman–Crippen LogP) is 7.09. The molecule has 6 nitrogen and oxygen atoms in total. The number of hydrogen-bond acceptors (Lipinski definition) is 6. The summed E-state index contributed by atoms with van der Waals surface area (Å²) < 4.78 is 26.8. The van der Waals surface area contributed by atoms with Crippen LogP contribution >= 0.6 is 0 Å². The van der Waals surface area contributed by atoms with Gasteiger partial charge in [0.1, 0.15) is 18.8 Å². The van der Waals surface area contributed by atoms with Gasteiger partial charge in [-0.1, -0.05) is 35.5 Å². The minimum atomic E-state index is -1.98. The van der Waals surface area contributed by atoms with Crippen LogP contribution in [0.25, 0.3) is 0 Å². The Balaban J connectivity index is 3.36. The third kappa shape index (κ3) is 15.3. The smallest absolute Gasteiger partial charge is 0.184 e. The van der Waals surface area contributed by atoms with Crippen LogP contribution < -0.4 is 0 Å². The lowest BCUT2D eigenvalue weighted by Crippen LogP contribution is -2.58. The zero-order chi connectivity index (χ0) is 27.1. The van der Waals surface area contributed by atoms with Gasteiger partial charge < -0.3 is 22.5 Å². The monoisotopic (exact) mass is 557 g/mol. The molecule has 0 amide bonds. The molecular weight excluding hydrogens is 507 g/mol. The first-order valence-corrected chi connectivity index (χ1v) is 26.3. The third-order valence-electron chi connectivity index (χ3n) is 4.47. The highest BCUT2D eigenvalue weighted by Crippen LogP contribution is 2.27. The average Bonchev–Trinajstić information content (AvgIpc) is 2.64. The highest BCUT2D eigenvalue weighted by molar-refractivity contribution is 6.71. The largest absolute Gasteiger partial charge is 0.412 e. The lowest BCUT2D eigenvalue weighted by atomic mass is 10.1. The normalized spacial score (nSPS) is 17.3. The van der Waals surface area contributed by atoms with Crippen molar-refractivity contribution < 1.29 is 22.5 Å². The predicted molar refractivity (Wildman–Crippen MR) is 158 cm³/mol. The summed E-state index contributed by atoms with van der Waals surface area (Å²) in [6.45, 7) is 28.9. The Kier molecular flexibility index (Phi) is 12.3. The summed E-state index contributed by atoms with van der Waals surface area (Å²) in [5.74, 6) is 0. The topological polar surface area (TPSA) is 58.5 Å². The Morgan fingerprint density at radius 3 is 1.57 bits per heavy atom. The molecular formula is C25H51NO5Si4. The fraction of sp³-hybridized carbons (Fsp3) is 0.720. The van der Waals surface area contributed by atoms with Gasteiger partial charge >= 0.3 is 0 Å². The van der Waals surface area contributed by atoms with Crippen molar-refractivity contribution in [1.82, 2.24) is 0 Å². The fourth-order valence-electron chi connectivity index (χ4n) is 3.57. The summed E-state index contributed by atoms with van der Waals surface area (Å²) in [7, 11) is -7.68. The molecule has 0 aromatic heterocycles. The first kappa shape index (κ1) is 32.4. The van der Waals surface area contributed by atoms with E-state index < -0.39 is 39.4 Å². The molecule has 0 radical (unpaired) electrons. The van der Waals surface area contributed by atoms with Crippen LogP contribution in [-0.4, -0.2) is 63.9 Å². The van der Waals surface area contributed by atoms with Crippen LogP contribution in [0.1, 0.15) is 12.5 Å². The zero-order valence-electron chi connectivity index (χ0n) is 24.5. The quantitative estimate of drug-likeness (QED) is 0.131. The van der Waals surface area contributed by atoms with Crippen molar-refractivity contribution in [2.45, 2.75) is 117 Å². The molecule has 10 heteroatoms. The molecule has 0 aliphatic carbocycles. The number of hydrogen-bond donors (Lipinski definition) is 0. The van der Waals surface area contributed by atoms with Crippen LogP contribution in [0.3, 0.4) is 0 Å². The lowest BCUT2D eigenvalue weighted by molar-refractivity contribution is -0.0562. The molecule has 0 spiro atoms. The fourth-order valence-corrected chi connectivity index (χ4v) is 8.06. The van der Waals surface area contributed by atoms with Gasteiger partial charge in [-0.2, -0.15) is 0 Å². The molecule has 0 saturated heterocycles. The van der Waals surface area contributed by atoms with Crippen LogP contribution in [-0.2, 0) is 29.1 Å². The molecule has 1 rings (SSSR count). The second-order valence-corrected chi connectivity index (χ2v) is 30.9. The maximum absolute atomic E-state index is 6.83. The summed E-state index contributed by atoms with van der Waals surface area (Å²) in [5, 5.41) is 4.35. The van der Waals surface area contributed by atoms with Crippen molar-refractivity contribution in [1.29, 1.82) is 0 Å². The second kappa shape index (κ2) is 13.3. The van der Waals surface area contributed by atoms with Crippen LogP contribution in [0, 0.1) is 0 Å². The molecule has 0 heterocycles. The van der Waals surface area contributed by atoms with Crippen molar-refractivity contribution >= 4 is 39.5 Å². The summed E-state index contributed by atoms with van der Waals surface area (Å²) in [6, 6.07) is 10.0. The van der Waals surface area contributed by atoms with Crippen LogP contribution in [0.4, 0.5) is 0 Å². The molecule has 4 atom stereocenters. The number of oxime groups is 1. The van der Waals surface area contributed by atoms with Crippen molar-refractivity contribution in [2.24, 2.45) is 5.16 Å². The van der Waals surface area contributed by atoms with Gasteiger partial charge in [0.15, 0.2) is 33.3 Å². The number of benzene rings is 1. The Labute approximate surface area is 219 Å². The molecule has 0 bridgehead atoms. The van der Waals surface area contributed by atoms with Gasteiger partial charge in [-0.3, -0.25) is 0 Å². The van der Waals surface area contributed by atoms with E-state index in [0.29, 0.717) is 6.61 Å². The zero-order valence-corrected chi connectivity index (χ0v) is 28.5. The van der Waals surface area contributed by atoms with E-state index >= 15 is 0 Å². The maximum Gasteiger partial charge on any atom is 0.184 e. The number of rotatable bonds is 15. The van der Waals surface area contributed by atoms with Crippen molar-refractivity contribution in [3.05, 3.63) is 35.9 Å². The summed E-state index contributed by atoms with van der Waals surface area (Å²) in [5.41, 5.74) is 1.07.